The van der Waals surface area contributed by atoms with Gasteiger partial charge in [0.05, 0.1) is 12.5 Å². The lowest BCUT2D eigenvalue weighted by molar-refractivity contribution is -0.157. The molecule has 0 spiro atoms. The lowest BCUT2D eigenvalue weighted by Crippen LogP contribution is -2.34. The topological polar surface area (TPSA) is 84.5 Å². The Morgan fingerprint density at radius 1 is 0.964 bits per heavy atom. The first-order valence-corrected chi connectivity index (χ1v) is 9.40. The van der Waals surface area contributed by atoms with Gasteiger partial charge in [-0.3, -0.25) is 14.4 Å². The number of benzene rings is 2. The second-order valence-corrected chi connectivity index (χ2v) is 6.93. The third kappa shape index (κ3) is 5.67. The Hall–Kier alpha value is -3.15. The quantitative estimate of drug-likeness (QED) is 0.690. The SMILES string of the molecule is CC(=O)N[C@@H](CC(=O)O[C@H](C(=O)NC1CC1)c1ccccc1)c1ccccc1. The number of hydrogen-bond donors (Lipinski definition) is 2. The normalized spacial score (nSPS) is 15.2. The Balaban J connectivity index is 1.72. The Kier molecular flexibility index (Phi) is 6.42. The molecule has 1 fully saturated rings. The first-order chi connectivity index (χ1) is 13.5. The van der Waals surface area contributed by atoms with E-state index in [1.807, 2.05) is 36.4 Å². The van der Waals surface area contributed by atoms with Gasteiger partial charge in [0.15, 0.2) is 0 Å². The van der Waals surface area contributed by atoms with Crippen molar-refractivity contribution in [3.63, 3.8) is 0 Å². The van der Waals surface area contributed by atoms with Crippen molar-refractivity contribution in [3.8, 4) is 0 Å². The Morgan fingerprint density at radius 3 is 2.07 bits per heavy atom. The molecule has 146 valence electrons. The number of amides is 2. The van der Waals surface area contributed by atoms with Crippen molar-refractivity contribution in [3.05, 3.63) is 71.8 Å². The largest absolute Gasteiger partial charge is 0.447 e. The maximum absolute atomic E-state index is 12.6. The van der Waals surface area contributed by atoms with E-state index >= 15 is 0 Å². The van der Waals surface area contributed by atoms with Crippen molar-refractivity contribution in [2.75, 3.05) is 0 Å². The smallest absolute Gasteiger partial charge is 0.309 e. The molecule has 2 atom stereocenters. The molecule has 2 aromatic carbocycles. The van der Waals surface area contributed by atoms with E-state index in [-0.39, 0.29) is 24.3 Å². The molecule has 1 aliphatic rings. The van der Waals surface area contributed by atoms with Crippen LogP contribution in [0.15, 0.2) is 60.7 Å². The second-order valence-electron chi connectivity index (χ2n) is 6.93. The van der Waals surface area contributed by atoms with Crippen molar-refractivity contribution >= 4 is 17.8 Å². The van der Waals surface area contributed by atoms with Crippen LogP contribution >= 0.6 is 0 Å². The molecule has 0 unspecified atom stereocenters. The molecule has 0 aromatic heterocycles. The van der Waals surface area contributed by atoms with Crippen molar-refractivity contribution in [1.82, 2.24) is 10.6 Å². The predicted octanol–water partition coefficient (Wildman–Crippen LogP) is 2.82. The van der Waals surface area contributed by atoms with Gasteiger partial charge in [0.2, 0.25) is 12.0 Å². The lowest BCUT2D eigenvalue weighted by atomic mass is 10.0. The molecular formula is C22H24N2O4. The van der Waals surface area contributed by atoms with Gasteiger partial charge in [0.1, 0.15) is 0 Å². The summed E-state index contributed by atoms with van der Waals surface area (Å²) in [6.07, 6.45) is 0.812. The van der Waals surface area contributed by atoms with Crippen LogP contribution in [-0.2, 0) is 19.1 Å². The first-order valence-electron chi connectivity index (χ1n) is 9.40. The van der Waals surface area contributed by atoms with Gasteiger partial charge >= 0.3 is 5.97 Å². The van der Waals surface area contributed by atoms with Crippen LogP contribution in [0, 0.1) is 0 Å². The van der Waals surface area contributed by atoms with E-state index in [1.54, 1.807) is 24.3 Å². The number of esters is 1. The summed E-state index contributed by atoms with van der Waals surface area (Å²) >= 11 is 0. The van der Waals surface area contributed by atoms with E-state index in [0.29, 0.717) is 5.56 Å². The molecule has 0 aliphatic heterocycles. The first kappa shape index (κ1) is 19.6. The van der Waals surface area contributed by atoms with Gasteiger partial charge in [0, 0.05) is 18.5 Å². The molecule has 28 heavy (non-hydrogen) atoms. The highest BCUT2D eigenvalue weighted by Crippen LogP contribution is 2.25. The summed E-state index contributed by atoms with van der Waals surface area (Å²) in [6, 6.07) is 17.8. The minimum atomic E-state index is -1.01. The standard InChI is InChI=1S/C22H24N2O4/c1-15(25)23-19(16-8-4-2-5-9-16)14-20(26)28-21(17-10-6-3-7-11-17)22(27)24-18-12-13-18/h2-11,18-19,21H,12-14H2,1H3,(H,23,25)(H,24,27)/t19-,21-/m0/s1. The monoisotopic (exact) mass is 380 g/mol. The van der Waals surface area contributed by atoms with Crippen LogP contribution in [0.4, 0.5) is 0 Å². The summed E-state index contributed by atoms with van der Waals surface area (Å²) in [5.41, 5.74) is 1.41. The molecule has 6 nitrogen and oxygen atoms in total. The molecule has 2 N–H and O–H groups in total. The van der Waals surface area contributed by atoms with Crippen LogP contribution in [-0.4, -0.2) is 23.8 Å². The van der Waals surface area contributed by atoms with Gasteiger partial charge in [-0.25, -0.2) is 0 Å². The van der Waals surface area contributed by atoms with Gasteiger partial charge in [-0.1, -0.05) is 60.7 Å². The highest BCUT2D eigenvalue weighted by molar-refractivity contribution is 5.85. The molecule has 1 aliphatic carbocycles. The van der Waals surface area contributed by atoms with E-state index in [1.165, 1.54) is 6.92 Å². The molecule has 0 heterocycles. The zero-order valence-corrected chi connectivity index (χ0v) is 15.8. The molecule has 0 radical (unpaired) electrons. The van der Waals surface area contributed by atoms with Crippen LogP contribution in [0.2, 0.25) is 0 Å². The molecular weight excluding hydrogens is 356 g/mol. The third-order valence-electron chi connectivity index (χ3n) is 4.46. The molecule has 6 heteroatoms. The predicted molar refractivity (Wildman–Crippen MR) is 104 cm³/mol. The molecule has 0 saturated heterocycles. The lowest BCUT2D eigenvalue weighted by Gasteiger charge is -2.21. The van der Waals surface area contributed by atoms with Gasteiger partial charge in [-0.15, -0.1) is 0 Å². The highest BCUT2D eigenvalue weighted by atomic mass is 16.5. The molecule has 1 saturated carbocycles. The zero-order valence-electron chi connectivity index (χ0n) is 15.8. The van der Waals surface area contributed by atoms with Gasteiger partial charge in [-0.2, -0.15) is 0 Å². The van der Waals surface area contributed by atoms with Gasteiger partial charge in [-0.05, 0) is 18.4 Å². The van der Waals surface area contributed by atoms with Crippen molar-refractivity contribution in [2.24, 2.45) is 0 Å². The average Bonchev–Trinajstić information content (AvgIpc) is 3.50. The molecule has 2 amide bonds. The highest BCUT2D eigenvalue weighted by Gasteiger charge is 2.31. The van der Waals surface area contributed by atoms with E-state index < -0.39 is 18.1 Å². The molecule has 3 rings (SSSR count). The summed E-state index contributed by atoms with van der Waals surface area (Å²) in [5.74, 6) is -1.12. The molecule has 0 bridgehead atoms. The summed E-state index contributed by atoms with van der Waals surface area (Å²) in [4.78, 5) is 36.8. The van der Waals surface area contributed by atoms with Crippen molar-refractivity contribution in [2.45, 2.75) is 44.4 Å². The second kappa shape index (κ2) is 9.17. The van der Waals surface area contributed by atoms with Crippen LogP contribution in [0.5, 0.6) is 0 Å². The van der Waals surface area contributed by atoms with E-state index in [4.69, 9.17) is 4.74 Å². The fraction of sp³-hybridized carbons (Fsp3) is 0.318. The minimum Gasteiger partial charge on any atom is -0.447 e. The summed E-state index contributed by atoms with van der Waals surface area (Å²) in [5, 5.41) is 5.66. The number of rotatable bonds is 8. The Bertz CT molecular complexity index is 819. The van der Waals surface area contributed by atoms with Crippen LogP contribution in [0.25, 0.3) is 0 Å². The summed E-state index contributed by atoms with van der Waals surface area (Å²) < 4.78 is 5.56. The number of nitrogens with one attached hydrogen (secondary N) is 2. The fourth-order valence-electron chi connectivity index (χ4n) is 2.93. The van der Waals surface area contributed by atoms with Crippen LogP contribution < -0.4 is 10.6 Å². The number of ether oxygens (including phenoxy) is 1. The van der Waals surface area contributed by atoms with Crippen LogP contribution in [0.1, 0.15) is 49.5 Å². The van der Waals surface area contributed by atoms with E-state index in [0.717, 1.165) is 18.4 Å². The van der Waals surface area contributed by atoms with E-state index in [2.05, 4.69) is 10.6 Å². The Morgan fingerprint density at radius 2 is 1.54 bits per heavy atom. The van der Waals surface area contributed by atoms with Crippen LogP contribution in [0.3, 0.4) is 0 Å². The van der Waals surface area contributed by atoms with Gasteiger partial charge < -0.3 is 15.4 Å². The van der Waals surface area contributed by atoms with Crippen molar-refractivity contribution in [1.29, 1.82) is 0 Å². The van der Waals surface area contributed by atoms with E-state index in [9.17, 15) is 14.4 Å². The van der Waals surface area contributed by atoms with Crippen molar-refractivity contribution < 1.29 is 19.1 Å². The Labute approximate surface area is 164 Å². The van der Waals surface area contributed by atoms with Gasteiger partial charge in [0.25, 0.3) is 5.91 Å². The summed E-state index contributed by atoms with van der Waals surface area (Å²) in [6.45, 7) is 1.40. The minimum absolute atomic E-state index is 0.0658. The fourth-order valence-corrected chi connectivity index (χ4v) is 2.93. The molecule has 2 aromatic rings. The number of carbonyl (C=O) groups is 3. The zero-order chi connectivity index (χ0) is 19.9. The maximum atomic E-state index is 12.6. The number of hydrogen-bond acceptors (Lipinski definition) is 4. The summed E-state index contributed by atoms with van der Waals surface area (Å²) in [7, 11) is 0. The average molecular weight is 380 g/mol. The number of carbonyl (C=O) groups excluding carboxylic acids is 3. The maximum Gasteiger partial charge on any atom is 0.309 e. The third-order valence-corrected chi connectivity index (χ3v) is 4.46.